The second-order valence-corrected chi connectivity index (χ2v) is 6.34. The largest absolute Gasteiger partial charge is 0.497 e. The number of ether oxygens (including phenoxy) is 2. The molecule has 0 saturated carbocycles. The van der Waals surface area contributed by atoms with Gasteiger partial charge in [0.25, 0.3) is 5.91 Å². The van der Waals surface area contributed by atoms with Crippen LogP contribution in [0.15, 0.2) is 36.4 Å². The normalized spacial score (nSPS) is 10.6. The molecular weight excluding hydrogens is 344 g/mol. The second-order valence-electron chi connectivity index (χ2n) is 6.34. The van der Waals surface area contributed by atoms with E-state index in [9.17, 15) is 4.79 Å². The number of anilines is 1. The Labute approximate surface area is 157 Å². The van der Waals surface area contributed by atoms with Gasteiger partial charge in [-0.3, -0.25) is 4.79 Å². The number of nitrogens with one attached hydrogen (secondary N) is 1. The summed E-state index contributed by atoms with van der Waals surface area (Å²) in [5, 5.41) is 11.0. The molecule has 3 aromatic rings. The Kier molecular flexibility index (Phi) is 5.12. The molecule has 0 spiro atoms. The summed E-state index contributed by atoms with van der Waals surface area (Å²) < 4.78 is 12.1. The first kappa shape index (κ1) is 18.4. The van der Waals surface area contributed by atoms with E-state index in [1.807, 2.05) is 32.9 Å². The van der Waals surface area contributed by atoms with Gasteiger partial charge in [-0.25, -0.2) is 4.68 Å². The first-order valence-corrected chi connectivity index (χ1v) is 8.46. The van der Waals surface area contributed by atoms with Crippen LogP contribution in [-0.4, -0.2) is 35.1 Å². The number of carbonyl (C=O) groups excluding carboxylic acids is 1. The van der Waals surface area contributed by atoms with Crippen LogP contribution in [0.5, 0.6) is 11.5 Å². The van der Waals surface area contributed by atoms with Crippen LogP contribution in [0.1, 0.15) is 27.3 Å². The molecule has 0 aliphatic rings. The lowest BCUT2D eigenvalue weighted by Gasteiger charge is -2.09. The molecule has 0 saturated heterocycles. The molecular formula is C20H22N4O3. The van der Waals surface area contributed by atoms with Crippen molar-refractivity contribution in [3.8, 4) is 17.2 Å². The fourth-order valence-electron chi connectivity index (χ4n) is 2.93. The Morgan fingerprint density at radius 1 is 0.926 bits per heavy atom. The van der Waals surface area contributed by atoms with Crippen molar-refractivity contribution in [2.45, 2.75) is 20.8 Å². The summed E-state index contributed by atoms with van der Waals surface area (Å²) >= 11 is 0. The number of carbonyl (C=O) groups is 1. The number of rotatable bonds is 5. The average molecular weight is 366 g/mol. The van der Waals surface area contributed by atoms with Crippen LogP contribution in [0.3, 0.4) is 0 Å². The smallest absolute Gasteiger partial charge is 0.278 e. The Morgan fingerprint density at radius 2 is 1.52 bits per heavy atom. The molecule has 1 aromatic heterocycles. The van der Waals surface area contributed by atoms with E-state index >= 15 is 0 Å². The van der Waals surface area contributed by atoms with Crippen LogP contribution in [0.4, 0.5) is 5.69 Å². The van der Waals surface area contributed by atoms with Crippen LogP contribution >= 0.6 is 0 Å². The highest BCUT2D eigenvalue weighted by Gasteiger charge is 2.18. The number of benzene rings is 2. The third-order valence-corrected chi connectivity index (χ3v) is 4.17. The summed E-state index contributed by atoms with van der Waals surface area (Å²) in [6, 6.07) is 11.2. The number of amides is 1. The average Bonchev–Trinajstić information content (AvgIpc) is 3.02. The van der Waals surface area contributed by atoms with Crippen LogP contribution in [0, 0.1) is 20.8 Å². The molecule has 0 fully saturated rings. The zero-order valence-corrected chi connectivity index (χ0v) is 16.0. The molecule has 2 aromatic carbocycles. The number of nitrogens with zero attached hydrogens (tertiary/aromatic N) is 3. The lowest BCUT2D eigenvalue weighted by Crippen LogP contribution is -2.14. The molecule has 0 radical (unpaired) electrons. The summed E-state index contributed by atoms with van der Waals surface area (Å²) in [6.45, 7) is 5.86. The van der Waals surface area contributed by atoms with Crippen molar-refractivity contribution >= 4 is 11.6 Å². The van der Waals surface area contributed by atoms with E-state index in [0.717, 1.165) is 16.8 Å². The van der Waals surface area contributed by atoms with Crippen molar-refractivity contribution in [1.82, 2.24) is 15.0 Å². The van der Waals surface area contributed by atoms with Gasteiger partial charge in [-0.15, -0.1) is 5.10 Å². The summed E-state index contributed by atoms with van der Waals surface area (Å²) in [5.41, 5.74) is 4.59. The lowest BCUT2D eigenvalue weighted by atomic mass is 10.1. The molecule has 1 amide bonds. The number of hydrogen-bond donors (Lipinski definition) is 1. The van der Waals surface area contributed by atoms with Crippen molar-refractivity contribution in [3.63, 3.8) is 0 Å². The minimum absolute atomic E-state index is 0.260. The first-order valence-electron chi connectivity index (χ1n) is 8.46. The van der Waals surface area contributed by atoms with Gasteiger partial charge in [0.1, 0.15) is 11.5 Å². The van der Waals surface area contributed by atoms with Gasteiger partial charge in [0.2, 0.25) is 0 Å². The number of methoxy groups -OCH3 is 2. The third kappa shape index (κ3) is 3.92. The quantitative estimate of drug-likeness (QED) is 0.748. The highest BCUT2D eigenvalue weighted by Crippen LogP contribution is 2.26. The van der Waals surface area contributed by atoms with Crippen molar-refractivity contribution in [2.75, 3.05) is 19.5 Å². The van der Waals surface area contributed by atoms with Gasteiger partial charge >= 0.3 is 0 Å². The molecule has 0 bridgehead atoms. The van der Waals surface area contributed by atoms with E-state index < -0.39 is 0 Å². The van der Waals surface area contributed by atoms with Crippen LogP contribution in [-0.2, 0) is 0 Å². The summed E-state index contributed by atoms with van der Waals surface area (Å²) in [6.07, 6.45) is 0. The van der Waals surface area contributed by atoms with Crippen molar-refractivity contribution in [3.05, 3.63) is 58.9 Å². The molecule has 0 unspecified atom stereocenters. The van der Waals surface area contributed by atoms with Crippen LogP contribution in [0.2, 0.25) is 0 Å². The maximum absolute atomic E-state index is 12.7. The molecule has 3 rings (SSSR count). The fraction of sp³-hybridized carbons (Fsp3) is 0.250. The Balaban J connectivity index is 1.89. The lowest BCUT2D eigenvalue weighted by molar-refractivity contribution is 0.102. The molecule has 0 aliphatic carbocycles. The van der Waals surface area contributed by atoms with Crippen LogP contribution < -0.4 is 14.8 Å². The van der Waals surface area contributed by atoms with Gasteiger partial charge in [0, 0.05) is 23.9 Å². The van der Waals surface area contributed by atoms with Crippen molar-refractivity contribution in [2.24, 2.45) is 0 Å². The van der Waals surface area contributed by atoms with Gasteiger partial charge in [0.05, 0.1) is 25.6 Å². The molecule has 140 valence electrons. The molecule has 7 heteroatoms. The van der Waals surface area contributed by atoms with E-state index in [0.29, 0.717) is 22.9 Å². The minimum atomic E-state index is -0.349. The van der Waals surface area contributed by atoms with Gasteiger partial charge < -0.3 is 14.8 Å². The number of aromatic nitrogens is 3. The van der Waals surface area contributed by atoms with E-state index in [1.54, 1.807) is 37.1 Å². The summed E-state index contributed by atoms with van der Waals surface area (Å²) in [5.74, 6) is 0.818. The van der Waals surface area contributed by atoms with Gasteiger partial charge in [-0.1, -0.05) is 11.3 Å². The Hall–Kier alpha value is -3.35. The highest BCUT2D eigenvalue weighted by atomic mass is 16.5. The van der Waals surface area contributed by atoms with E-state index in [4.69, 9.17) is 9.47 Å². The summed E-state index contributed by atoms with van der Waals surface area (Å²) in [7, 11) is 3.11. The zero-order chi connectivity index (χ0) is 19.6. The van der Waals surface area contributed by atoms with Crippen LogP contribution in [0.25, 0.3) is 5.69 Å². The zero-order valence-electron chi connectivity index (χ0n) is 16.0. The summed E-state index contributed by atoms with van der Waals surface area (Å²) in [4.78, 5) is 12.7. The predicted octanol–water partition coefficient (Wildman–Crippen LogP) is 3.46. The standard InChI is InChI=1S/C20H22N4O3/c1-12-6-13(2)8-16(7-12)24-14(3)19(22-23-24)20(25)21-15-9-17(26-4)11-18(10-15)27-5/h6-11H,1-5H3,(H,21,25). The maximum Gasteiger partial charge on any atom is 0.278 e. The molecule has 27 heavy (non-hydrogen) atoms. The van der Waals surface area contributed by atoms with E-state index in [2.05, 4.69) is 21.7 Å². The minimum Gasteiger partial charge on any atom is -0.497 e. The maximum atomic E-state index is 12.7. The fourth-order valence-corrected chi connectivity index (χ4v) is 2.93. The second kappa shape index (κ2) is 7.49. The molecule has 0 atom stereocenters. The Bertz CT molecular complexity index is 952. The van der Waals surface area contributed by atoms with E-state index in [1.165, 1.54) is 0 Å². The van der Waals surface area contributed by atoms with Gasteiger partial charge in [-0.2, -0.15) is 0 Å². The highest BCUT2D eigenvalue weighted by molar-refractivity contribution is 6.03. The topological polar surface area (TPSA) is 78.3 Å². The monoisotopic (exact) mass is 366 g/mol. The predicted molar refractivity (Wildman–Crippen MR) is 103 cm³/mol. The number of aryl methyl sites for hydroxylation is 2. The first-order chi connectivity index (χ1) is 12.9. The van der Waals surface area contributed by atoms with E-state index in [-0.39, 0.29) is 11.6 Å². The Morgan fingerprint density at radius 3 is 2.07 bits per heavy atom. The molecule has 1 N–H and O–H groups in total. The third-order valence-electron chi connectivity index (χ3n) is 4.17. The van der Waals surface area contributed by atoms with Crippen molar-refractivity contribution < 1.29 is 14.3 Å². The molecule has 7 nitrogen and oxygen atoms in total. The van der Waals surface area contributed by atoms with Crippen molar-refractivity contribution in [1.29, 1.82) is 0 Å². The molecule has 0 aliphatic heterocycles. The number of hydrogen-bond acceptors (Lipinski definition) is 5. The van der Waals surface area contributed by atoms with Gasteiger partial charge in [-0.05, 0) is 44.0 Å². The molecule has 1 heterocycles. The SMILES string of the molecule is COc1cc(NC(=O)c2nnn(-c3cc(C)cc(C)c3)c2C)cc(OC)c1. The van der Waals surface area contributed by atoms with Gasteiger partial charge in [0.15, 0.2) is 5.69 Å².